The number of hydrogen-bond acceptors (Lipinski definition) is 4. The number of hydrogen-bond donors (Lipinski definition) is 3. The fourth-order valence-corrected chi connectivity index (χ4v) is 4.48. The van der Waals surface area contributed by atoms with Crippen molar-refractivity contribution in [1.82, 2.24) is 15.1 Å². The number of nitrogens with zero attached hydrogens (tertiary/aromatic N) is 2. The second-order valence-electron chi connectivity index (χ2n) is 9.38. The Balaban J connectivity index is 1.59. The van der Waals surface area contributed by atoms with E-state index in [0.29, 0.717) is 23.5 Å². The molecular weight excluding hydrogens is 440 g/mol. The van der Waals surface area contributed by atoms with Gasteiger partial charge in [0.1, 0.15) is 5.75 Å². The van der Waals surface area contributed by atoms with E-state index in [9.17, 15) is 14.7 Å². The van der Waals surface area contributed by atoms with Gasteiger partial charge in [0.25, 0.3) is 0 Å². The fourth-order valence-electron chi connectivity index (χ4n) is 4.48. The summed E-state index contributed by atoms with van der Waals surface area (Å²) in [6.45, 7) is 6.42. The molecule has 7 heteroatoms. The summed E-state index contributed by atoms with van der Waals surface area (Å²) >= 11 is 0. The highest BCUT2D eigenvalue weighted by molar-refractivity contribution is 5.93. The second kappa shape index (κ2) is 10.8. The normalized spacial score (nSPS) is 13.5. The number of benzene rings is 2. The summed E-state index contributed by atoms with van der Waals surface area (Å²) in [7, 11) is 0. The Bertz CT molecular complexity index is 1210. The zero-order valence-electron chi connectivity index (χ0n) is 20.7. The van der Waals surface area contributed by atoms with Gasteiger partial charge in [-0.25, -0.2) is 4.79 Å². The maximum Gasteiger partial charge on any atom is 0.342 e. The fraction of sp³-hybridized carbons (Fsp3) is 0.393. The van der Waals surface area contributed by atoms with Gasteiger partial charge in [0, 0.05) is 29.6 Å². The average Bonchev–Trinajstić information content (AvgIpc) is 3.23. The van der Waals surface area contributed by atoms with Crippen molar-refractivity contribution in [3.8, 4) is 17.0 Å². The number of rotatable bonds is 8. The Kier molecular flexibility index (Phi) is 7.54. The number of anilines is 1. The Hall–Kier alpha value is -3.61. The number of nitrogens with one attached hydrogen (secondary N) is 2. The van der Waals surface area contributed by atoms with Crippen LogP contribution >= 0.6 is 0 Å². The van der Waals surface area contributed by atoms with Gasteiger partial charge in [-0.15, -0.1) is 0 Å². The number of aromatic hydroxyl groups is 1. The minimum absolute atomic E-state index is 0.0390. The van der Waals surface area contributed by atoms with Gasteiger partial charge in [-0.3, -0.25) is 4.79 Å². The molecule has 2 aromatic carbocycles. The van der Waals surface area contributed by atoms with E-state index in [2.05, 4.69) is 15.7 Å². The summed E-state index contributed by atoms with van der Waals surface area (Å²) in [5.74, 6) is 0.216. The van der Waals surface area contributed by atoms with Gasteiger partial charge in [-0.1, -0.05) is 50.1 Å². The maximum absolute atomic E-state index is 13.1. The summed E-state index contributed by atoms with van der Waals surface area (Å²) in [5.41, 5.74) is 4.60. The zero-order chi connectivity index (χ0) is 24.9. The molecule has 35 heavy (non-hydrogen) atoms. The standard InChI is InChI=1S/C28H34N4O3/c1-4-20(5-2)27(34)30-22-12-13-26(33)23(15-22)24-16-25(21-10-7-11-21)32(31-24)28(35)29-17-19-9-6-8-18(3)14-19/h6,8-9,12-16,20-21,33H,4-5,7,10-11,17H2,1-3H3,(H,29,35)(H,30,34). The number of aromatic nitrogens is 2. The lowest BCUT2D eigenvalue weighted by Crippen LogP contribution is -2.31. The molecule has 2 amide bonds. The third-order valence-corrected chi connectivity index (χ3v) is 6.88. The van der Waals surface area contributed by atoms with Gasteiger partial charge < -0.3 is 15.7 Å². The number of aryl methyl sites for hydroxylation is 1. The van der Waals surface area contributed by atoms with Gasteiger partial charge in [-0.2, -0.15) is 9.78 Å². The van der Waals surface area contributed by atoms with E-state index in [1.54, 1.807) is 18.2 Å². The van der Waals surface area contributed by atoms with Gasteiger partial charge in [0.05, 0.1) is 11.4 Å². The SMILES string of the molecule is CCC(CC)C(=O)Nc1ccc(O)c(-c2cc(C3CCC3)n(C(=O)NCc3cccc(C)c3)n2)c1. The first-order valence-corrected chi connectivity index (χ1v) is 12.5. The molecule has 1 aliphatic carbocycles. The molecule has 0 bridgehead atoms. The molecular formula is C28H34N4O3. The van der Waals surface area contributed by atoms with Gasteiger partial charge >= 0.3 is 6.03 Å². The third kappa shape index (κ3) is 5.56. The van der Waals surface area contributed by atoms with Gasteiger partial charge in [0.2, 0.25) is 5.91 Å². The number of amides is 2. The lowest BCUT2D eigenvalue weighted by Gasteiger charge is -2.25. The second-order valence-corrected chi connectivity index (χ2v) is 9.38. The molecule has 1 fully saturated rings. The van der Waals surface area contributed by atoms with Crippen molar-refractivity contribution in [3.63, 3.8) is 0 Å². The molecule has 0 radical (unpaired) electrons. The lowest BCUT2D eigenvalue weighted by molar-refractivity contribution is -0.120. The van der Waals surface area contributed by atoms with Crippen molar-refractivity contribution in [1.29, 1.82) is 0 Å². The highest BCUT2D eigenvalue weighted by atomic mass is 16.3. The van der Waals surface area contributed by atoms with Crippen molar-refractivity contribution in [2.75, 3.05) is 5.32 Å². The van der Waals surface area contributed by atoms with Crippen LogP contribution in [0.4, 0.5) is 10.5 Å². The maximum atomic E-state index is 13.1. The minimum atomic E-state index is -0.294. The first-order chi connectivity index (χ1) is 16.9. The summed E-state index contributed by atoms with van der Waals surface area (Å²) in [4.78, 5) is 25.7. The third-order valence-electron chi connectivity index (χ3n) is 6.88. The molecule has 184 valence electrons. The first kappa shape index (κ1) is 24.5. The van der Waals surface area contributed by atoms with Crippen molar-refractivity contribution in [2.45, 2.75) is 65.3 Å². The van der Waals surface area contributed by atoms with Gasteiger partial charge in [-0.05, 0) is 62.4 Å². The van der Waals surface area contributed by atoms with Crippen LogP contribution in [0.1, 0.15) is 68.7 Å². The van der Waals surface area contributed by atoms with E-state index in [1.165, 1.54) is 4.68 Å². The van der Waals surface area contributed by atoms with Gasteiger partial charge in [0.15, 0.2) is 0 Å². The van der Waals surface area contributed by atoms with Crippen LogP contribution in [-0.2, 0) is 11.3 Å². The number of carbonyl (C=O) groups is 2. The summed E-state index contributed by atoms with van der Waals surface area (Å²) in [5, 5.41) is 21.1. The van der Waals surface area contributed by atoms with Crippen LogP contribution in [0.3, 0.4) is 0 Å². The van der Waals surface area contributed by atoms with Crippen LogP contribution in [0.15, 0.2) is 48.5 Å². The van der Waals surface area contributed by atoms with Crippen LogP contribution in [0.2, 0.25) is 0 Å². The quantitative estimate of drug-likeness (QED) is 0.351. The number of phenolic OH excluding ortho intramolecular Hbond substituents is 1. The highest BCUT2D eigenvalue weighted by Crippen LogP contribution is 2.39. The molecule has 0 aliphatic heterocycles. The van der Waals surface area contributed by atoms with E-state index >= 15 is 0 Å². The van der Waals surface area contributed by atoms with Crippen molar-refractivity contribution < 1.29 is 14.7 Å². The number of phenols is 1. The molecule has 1 heterocycles. The molecule has 0 unspecified atom stereocenters. The Morgan fingerprint density at radius 2 is 1.89 bits per heavy atom. The largest absolute Gasteiger partial charge is 0.507 e. The summed E-state index contributed by atoms with van der Waals surface area (Å²) in [6, 6.07) is 14.6. The monoisotopic (exact) mass is 474 g/mol. The molecule has 1 aliphatic rings. The van der Waals surface area contributed by atoms with Crippen LogP contribution in [0.5, 0.6) is 5.75 Å². The van der Waals surface area contributed by atoms with E-state index in [4.69, 9.17) is 0 Å². The smallest absolute Gasteiger partial charge is 0.342 e. The predicted molar refractivity (Wildman–Crippen MR) is 137 cm³/mol. The predicted octanol–water partition coefficient (Wildman–Crippen LogP) is 5.96. The molecule has 0 atom stereocenters. The molecule has 3 N–H and O–H groups in total. The Morgan fingerprint density at radius 3 is 2.54 bits per heavy atom. The topological polar surface area (TPSA) is 96.2 Å². The van der Waals surface area contributed by atoms with E-state index in [-0.39, 0.29) is 29.5 Å². The summed E-state index contributed by atoms with van der Waals surface area (Å²) in [6.07, 6.45) is 4.67. The molecule has 7 nitrogen and oxygen atoms in total. The van der Waals surface area contributed by atoms with Crippen molar-refractivity contribution in [2.24, 2.45) is 5.92 Å². The van der Waals surface area contributed by atoms with Crippen molar-refractivity contribution >= 4 is 17.6 Å². The van der Waals surface area contributed by atoms with Crippen LogP contribution in [0.25, 0.3) is 11.3 Å². The molecule has 1 saturated carbocycles. The van der Waals surface area contributed by atoms with Crippen molar-refractivity contribution in [3.05, 3.63) is 65.4 Å². The first-order valence-electron chi connectivity index (χ1n) is 12.5. The highest BCUT2D eigenvalue weighted by Gasteiger charge is 2.28. The molecule has 3 aromatic rings. The van der Waals surface area contributed by atoms with E-state index < -0.39 is 0 Å². The average molecular weight is 475 g/mol. The van der Waals surface area contributed by atoms with Crippen LogP contribution < -0.4 is 10.6 Å². The summed E-state index contributed by atoms with van der Waals surface area (Å²) < 4.78 is 1.43. The van der Waals surface area contributed by atoms with E-state index in [0.717, 1.165) is 48.9 Å². The number of carbonyl (C=O) groups excluding carboxylic acids is 2. The Labute approximate surface area is 206 Å². The van der Waals surface area contributed by atoms with Crippen LogP contribution in [0, 0.1) is 12.8 Å². The molecule has 1 aromatic heterocycles. The van der Waals surface area contributed by atoms with E-state index in [1.807, 2.05) is 51.1 Å². The van der Waals surface area contributed by atoms with Crippen LogP contribution in [-0.4, -0.2) is 26.8 Å². The Morgan fingerprint density at radius 1 is 1.11 bits per heavy atom. The minimum Gasteiger partial charge on any atom is -0.507 e. The molecule has 0 saturated heterocycles. The zero-order valence-corrected chi connectivity index (χ0v) is 20.7. The molecule has 0 spiro atoms. The molecule has 4 rings (SSSR count). The lowest BCUT2D eigenvalue weighted by atomic mass is 9.82.